The van der Waals surface area contributed by atoms with Gasteiger partial charge in [0, 0.05) is 19.5 Å². The van der Waals surface area contributed by atoms with Gasteiger partial charge < -0.3 is 14.7 Å². The van der Waals surface area contributed by atoms with Crippen molar-refractivity contribution in [2.24, 2.45) is 17.8 Å². The number of ether oxygens (including phenoxy) is 1. The molecule has 1 saturated heterocycles. The molecule has 1 N–H and O–H groups in total. The van der Waals surface area contributed by atoms with E-state index in [0.717, 1.165) is 12.8 Å². The van der Waals surface area contributed by atoms with Gasteiger partial charge in [-0.15, -0.1) is 0 Å². The van der Waals surface area contributed by atoms with Crippen molar-refractivity contribution in [1.82, 2.24) is 4.90 Å². The van der Waals surface area contributed by atoms with Crippen molar-refractivity contribution in [1.29, 1.82) is 0 Å². The second-order valence-electron chi connectivity index (χ2n) is 8.11. The highest BCUT2D eigenvalue weighted by Gasteiger charge is 2.36. The van der Waals surface area contributed by atoms with Crippen molar-refractivity contribution in [2.45, 2.75) is 71.3 Å². The highest BCUT2D eigenvalue weighted by molar-refractivity contribution is 5.68. The van der Waals surface area contributed by atoms with Crippen molar-refractivity contribution >= 4 is 12.1 Å². The second kappa shape index (κ2) is 7.54. The Balaban J connectivity index is 1.90. The van der Waals surface area contributed by atoms with Crippen LogP contribution in [0, 0.1) is 17.8 Å². The van der Waals surface area contributed by atoms with E-state index in [2.05, 4.69) is 0 Å². The number of carbonyl (C=O) groups is 2. The molecule has 1 aliphatic heterocycles. The van der Waals surface area contributed by atoms with E-state index >= 15 is 0 Å². The third-order valence-corrected chi connectivity index (χ3v) is 5.21. The lowest BCUT2D eigenvalue weighted by Crippen LogP contribution is -2.43. The molecule has 2 rings (SSSR count). The smallest absolute Gasteiger partial charge is 0.410 e. The first kappa shape index (κ1) is 18.1. The van der Waals surface area contributed by atoms with Crippen LogP contribution in [0.5, 0.6) is 0 Å². The fourth-order valence-electron chi connectivity index (χ4n) is 4.14. The van der Waals surface area contributed by atoms with Crippen molar-refractivity contribution in [2.75, 3.05) is 13.1 Å². The van der Waals surface area contributed by atoms with Crippen LogP contribution in [0.3, 0.4) is 0 Å². The van der Waals surface area contributed by atoms with Crippen LogP contribution in [-0.4, -0.2) is 40.8 Å². The van der Waals surface area contributed by atoms with Gasteiger partial charge in [-0.3, -0.25) is 4.79 Å². The van der Waals surface area contributed by atoms with Gasteiger partial charge in [-0.1, -0.05) is 25.7 Å². The van der Waals surface area contributed by atoms with Crippen molar-refractivity contribution in [3.8, 4) is 0 Å². The Hall–Kier alpha value is -1.26. The van der Waals surface area contributed by atoms with E-state index in [1.165, 1.54) is 25.7 Å². The molecule has 1 saturated carbocycles. The molecule has 2 fully saturated rings. The summed E-state index contributed by atoms with van der Waals surface area (Å²) in [4.78, 5) is 25.2. The summed E-state index contributed by atoms with van der Waals surface area (Å²) < 4.78 is 5.43. The van der Waals surface area contributed by atoms with Gasteiger partial charge in [0.05, 0.1) is 0 Å². The Morgan fingerprint density at radius 2 is 1.61 bits per heavy atom. The van der Waals surface area contributed by atoms with Crippen LogP contribution in [0.25, 0.3) is 0 Å². The average molecular weight is 325 g/mol. The molecule has 2 aliphatic rings. The number of hydrogen-bond donors (Lipinski definition) is 1. The topological polar surface area (TPSA) is 66.8 Å². The van der Waals surface area contributed by atoms with Crippen LogP contribution in [0.2, 0.25) is 0 Å². The number of aliphatic carboxylic acids is 1. The van der Waals surface area contributed by atoms with Crippen LogP contribution < -0.4 is 0 Å². The molecule has 1 unspecified atom stereocenters. The van der Waals surface area contributed by atoms with Gasteiger partial charge >= 0.3 is 12.1 Å². The molecule has 5 heteroatoms. The number of rotatable bonds is 4. The molecule has 0 aromatic rings. The number of nitrogens with zero attached hydrogens (tertiary/aromatic N) is 1. The zero-order valence-corrected chi connectivity index (χ0v) is 14.7. The minimum Gasteiger partial charge on any atom is -0.481 e. The Morgan fingerprint density at radius 1 is 1.09 bits per heavy atom. The van der Waals surface area contributed by atoms with Gasteiger partial charge in [-0.25, -0.2) is 4.79 Å². The Bertz CT molecular complexity index is 415. The summed E-state index contributed by atoms with van der Waals surface area (Å²) in [5.74, 6) is 0.573. The summed E-state index contributed by atoms with van der Waals surface area (Å²) in [5.41, 5.74) is -0.469. The lowest BCUT2D eigenvalue weighted by atomic mass is 9.74. The largest absolute Gasteiger partial charge is 0.481 e. The minimum absolute atomic E-state index is 0.244. The summed E-state index contributed by atoms with van der Waals surface area (Å²) in [6.45, 7) is 6.99. The number of piperidine rings is 1. The fourth-order valence-corrected chi connectivity index (χ4v) is 4.14. The SMILES string of the molecule is CC(C)(C)OC(=O)N1CCC(C(CC(=O)O)C2CCCC2)CC1. The Morgan fingerprint density at radius 3 is 2.09 bits per heavy atom. The first-order valence-electron chi connectivity index (χ1n) is 8.96. The van der Waals surface area contributed by atoms with Gasteiger partial charge in [0.2, 0.25) is 0 Å². The number of carboxylic acid groups (broad SMARTS) is 1. The highest BCUT2D eigenvalue weighted by Crippen LogP contribution is 2.40. The molecule has 132 valence electrons. The van der Waals surface area contributed by atoms with E-state index in [9.17, 15) is 14.7 Å². The van der Waals surface area contributed by atoms with E-state index in [-0.39, 0.29) is 18.4 Å². The zero-order valence-electron chi connectivity index (χ0n) is 14.7. The monoisotopic (exact) mass is 325 g/mol. The lowest BCUT2D eigenvalue weighted by molar-refractivity contribution is -0.139. The Kier molecular flexibility index (Phi) is 5.93. The van der Waals surface area contributed by atoms with Gasteiger partial charge in [0.15, 0.2) is 0 Å². The first-order valence-corrected chi connectivity index (χ1v) is 8.96. The highest BCUT2D eigenvalue weighted by atomic mass is 16.6. The average Bonchev–Trinajstić information content (AvgIpc) is 2.97. The summed E-state index contributed by atoms with van der Waals surface area (Å²) in [5, 5.41) is 9.26. The molecule has 23 heavy (non-hydrogen) atoms. The molecule has 0 aromatic heterocycles. The number of carboxylic acids is 1. The molecule has 1 amide bonds. The number of hydrogen-bond acceptors (Lipinski definition) is 3. The fraction of sp³-hybridized carbons (Fsp3) is 0.889. The van der Waals surface area contributed by atoms with Crippen LogP contribution in [0.15, 0.2) is 0 Å². The molecular weight excluding hydrogens is 294 g/mol. The van der Waals surface area contributed by atoms with Gasteiger partial charge in [0.1, 0.15) is 5.60 Å². The number of amides is 1. The van der Waals surface area contributed by atoms with E-state index in [1.807, 2.05) is 20.8 Å². The predicted molar refractivity (Wildman–Crippen MR) is 88.2 cm³/mol. The molecule has 0 aromatic carbocycles. The third-order valence-electron chi connectivity index (χ3n) is 5.21. The molecule has 0 radical (unpaired) electrons. The molecule has 1 atom stereocenters. The minimum atomic E-state index is -0.684. The van der Waals surface area contributed by atoms with Crippen LogP contribution in [-0.2, 0) is 9.53 Å². The maximum absolute atomic E-state index is 12.1. The van der Waals surface area contributed by atoms with Crippen LogP contribution in [0.4, 0.5) is 4.79 Å². The predicted octanol–water partition coefficient (Wildman–Crippen LogP) is 3.91. The zero-order chi connectivity index (χ0) is 17.0. The molecule has 1 heterocycles. The third kappa shape index (κ3) is 5.40. The maximum Gasteiger partial charge on any atom is 0.410 e. The van der Waals surface area contributed by atoms with Gasteiger partial charge in [-0.05, 0) is 51.4 Å². The van der Waals surface area contributed by atoms with E-state index in [0.29, 0.717) is 24.9 Å². The lowest BCUT2D eigenvalue weighted by Gasteiger charge is -2.38. The molecule has 0 spiro atoms. The van der Waals surface area contributed by atoms with Gasteiger partial charge in [-0.2, -0.15) is 0 Å². The summed E-state index contributed by atoms with van der Waals surface area (Å²) >= 11 is 0. The van der Waals surface area contributed by atoms with Crippen LogP contribution >= 0.6 is 0 Å². The maximum atomic E-state index is 12.1. The number of carbonyl (C=O) groups excluding carboxylic acids is 1. The molecular formula is C18H31NO4. The van der Waals surface area contributed by atoms with E-state index in [1.54, 1.807) is 4.90 Å². The first-order chi connectivity index (χ1) is 10.8. The van der Waals surface area contributed by atoms with Gasteiger partial charge in [0.25, 0.3) is 0 Å². The summed E-state index contributed by atoms with van der Waals surface area (Å²) in [6.07, 6.45) is 6.64. The number of likely N-dealkylation sites (tertiary alicyclic amines) is 1. The quantitative estimate of drug-likeness (QED) is 0.851. The standard InChI is InChI=1S/C18H31NO4/c1-18(2,3)23-17(22)19-10-8-14(9-11-19)15(12-16(20)21)13-6-4-5-7-13/h13-15H,4-12H2,1-3H3,(H,20,21). The molecule has 5 nitrogen and oxygen atoms in total. The van der Waals surface area contributed by atoms with Crippen LogP contribution in [0.1, 0.15) is 65.7 Å². The normalized spacial score (nSPS) is 22.1. The summed E-state index contributed by atoms with van der Waals surface area (Å²) in [6, 6.07) is 0. The van der Waals surface area contributed by atoms with E-state index < -0.39 is 11.6 Å². The molecule has 1 aliphatic carbocycles. The van der Waals surface area contributed by atoms with Crippen molar-refractivity contribution < 1.29 is 19.4 Å². The molecule has 0 bridgehead atoms. The summed E-state index contributed by atoms with van der Waals surface area (Å²) in [7, 11) is 0. The van der Waals surface area contributed by atoms with Crippen molar-refractivity contribution in [3.05, 3.63) is 0 Å². The van der Waals surface area contributed by atoms with Crippen molar-refractivity contribution in [3.63, 3.8) is 0 Å². The van der Waals surface area contributed by atoms with E-state index in [4.69, 9.17) is 4.74 Å². The second-order valence-corrected chi connectivity index (χ2v) is 8.11. The Labute approximate surface area is 139 Å².